The first-order chi connectivity index (χ1) is 6.15. The van der Waals surface area contributed by atoms with Gasteiger partial charge >= 0.3 is 0 Å². The van der Waals surface area contributed by atoms with Crippen molar-refractivity contribution in [2.24, 2.45) is 17.8 Å². The molecule has 2 rings (SSSR count). The van der Waals surface area contributed by atoms with Gasteiger partial charge in [0.15, 0.2) is 6.71 Å². The second kappa shape index (κ2) is 3.51. The lowest BCUT2D eigenvalue weighted by Gasteiger charge is -2.40. The molecule has 0 spiro atoms. The summed E-state index contributed by atoms with van der Waals surface area (Å²) in [5, 5.41) is 0. The van der Waals surface area contributed by atoms with Gasteiger partial charge in [-0.2, -0.15) is 0 Å². The highest BCUT2D eigenvalue weighted by Gasteiger charge is 2.36. The van der Waals surface area contributed by atoms with E-state index in [1.807, 2.05) is 0 Å². The van der Waals surface area contributed by atoms with Crippen LogP contribution in [0.3, 0.4) is 0 Å². The molecule has 0 radical (unpaired) electrons. The molecule has 1 heteroatoms. The van der Waals surface area contributed by atoms with Gasteiger partial charge in [0.1, 0.15) is 0 Å². The normalized spacial score (nSPS) is 38.9. The zero-order valence-electron chi connectivity index (χ0n) is 9.05. The van der Waals surface area contributed by atoms with Crippen LogP contribution in [-0.2, 0) is 0 Å². The fourth-order valence-electron chi connectivity index (χ4n) is 3.59. The third kappa shape index (κ3) is 2.00. The van der Waals surface area contributed by atoms with Crippen LogP contribution in [0.15, 0.2) is 12.1 Å². The Labute approximate surface area is 82.9 Å². The Balaban J connectivity index is 2.01. The molecule has 1 aliphatic heterocycles. The largest absolute Gasteiger partial charge is 0.169 e. The van der Waals surface area contributed by atoms with Crippen molar-refractivity contribution in [3.63, 3.8) is 0 Å². The van der Waals surface area contributed by atoms with E-state index < -0.39 is 0 Å². The standard InChI is InChI=1S/C12H21B/c1-9(2)13-7-11-4-10(3)5-12(6-11)8-13/h10-12H,1,4-8H2,2-3H3. The van der Waals surface area contributed by atoms with Crippen molar-refractivity contribution in [2.45, 2.75) is 45.8 Å². The summed E-state index contributed by atoms with van der Waals surface area (Å²) in [5.74, 6) is 3.06. The third-order valence-electron chi connectivity index (χ3n) is 4.07. The number of allylic oxidation sites excluding steroid dienone is 1. The second-order valence-corrected chi connectivity index (χ2v) is 5.56. The van der Waals surface area contributed by atoms with Gasteiger partial charge in [-0.15, -0.1) is 12.1 Å². The molecule has 2 unspecified atom stereocenters. The molecule has 0 N–H and O–H groups in total. The molecule has 0 aromatic carbocycles. The number of hydrogen-bond donors (Lipinski definition) is 0. The summed E-state index contributed by atoms with van der Waals surface area (Å²) < 4.78 is 0. The van der Waals surface area contributed by atoms with Gasteiger partial charge in [-0.05, 0) is 37.0 Å². The van der Waals surface area contributed by atoms with Crippen LogP contribution >= 0.6 is 0 Å². The average molecular weight is 176 g/mol. The van der Waals surface area contributed by atoms with Crippen LogP contribution in [0.5, 0.6) is 0 Å². The molecule has 1 saturated carbocycles. The highest BCUT2D eigenvalue weighted by Crippen LogP contribution is 2.44. The number of rotatable bonds is 1. The minimum Gasteiger partial charge on any atom is -0.111 e. The molecule has 2 fully saturated rings. The lowest BCUT2D eigenvalue weighted by molar-refractivity contribution is 0.219. The Morgan fingerprint density at radius 2 is 1.69 bits per heavy atom. The van der Waals surface area contributed by atoms with Gasteiger partial charge < -0.3 is 0 Å². The first-order valence-corrected chi connectivity index (χ1v) is 5.80. The van der Waals surface area contributed by atoms with Crippen molar-refractivity contribution in [3.8, 4) is 0 Å². The van der Waals surface area contributed by atoms with Crippen LogP contribution in [0, 0.1) is 17.8 Å². The monoisotopic (exact) mass is 176 g/mol. The van der Waals surface area contributed by atoms with Gasteiger partial charge in [0, 0.05) is 0 Å². The van der Waals surface area contributed by atoms with E-state index in [2.05, 4.69) is 20.4 Å². The molecule has 0 amide bonds. The summed E-state index contributed by atoms with van der Waals surface area (Å²) in [7, 11) is 0. The molecule has 0 aromatic heterocycles. The first-order valence-electron chi connectivity index (χ1n) is 5.80. The summed E-state index contributed by atoms with van der Waals surface area (Å²) in [6.07, 6.45) is 7.38. The lowest BCUT2D eigenvalue weighted by atomic mass is 9.33. The van der Waals surface area contributed by atoms with Crippen molar-refractivity contribution in [3.05, 3.63) is 12.1 Å². The average Bonchev–Trinajstić information content (AvgIpc) is 2.01. The van der Waals surface area contributed by atoms with E-state index in [0.29, 0.717) is 0 Å². The van der Waals surface area contributed by atoms with Crippen LogP contribution < -0.4 is 0 Å². The summed E-state index contributed by atoms with van der Waals surface area (Å²) in [5.41, 5.74) is 1.43. The number of hydrogen-bond acceptors (Lipinski definition) is 0. The lowest BCUT2D eigenvalue weighted by Crippen LogP contribution is -2.34. The van der Waals surface area contributed by atoms with Gasteiger partial charge in [-0.3, -0.25) is 0 Å². The Bertz CT molecular complexity index is 191. The van der Waals surface area contributed by atoms with Gasteiger partial charge in [0.2, 0.25) is 0 Å². The van der Waals surface area contributed by atoms with Crippen LogP contribution in [0.2, 0.25) is 12.6 Å². The summed E-state index contributed by atoms with van der Waals surface area (Å²) in [4.78, 5) is 0. The minimum atomic E-state index is 0.858. The second-order valence-electron chi connectivity index (χ2n) is 5.56. The molecular weight excluding hydrogens is 155 g/mol. The van der Waals surface area contributed by atoms with Crippen LogP contribution in [0.25, 0.3) is 0 Å². The molecule has 0 nitrogen and oxygen atoms in total. The zero-order valence-corrected chi connectivity index (χ0v) is 9.05. The topological polar surface area (TPSA) is 0 Å². The fourth-order valence-corrected chi connectivity index (χ4v) is 3.59. The summed E-state index contributed by atoms with van der Waals surface area (Å²) in [6.45, 7) is 9.63. The SMILES string of the molecule is C=C(C)B1CC2CC(C)CC(C1)C2. The highest BCUT2D eigenvalue weighted by molar-refractivity contribution is 6.66. The Morgan fingerprint density at radius 3 is 2.15 bits per heavy atom. The Hall–Kier alpha value is -0.195. The molecule has 13 heavy (non-hydrogen) atoms. The fraction of sp³-hybridized carbons (Fsp3) is 0.833. The van der Waals surface area contributed by atoms with E-state index in [4.69, 9.17) is 0 Å². The van der Waals surface area contributed by atoms with Gasteiger partial charge in [-0.25, -0.2) is 0 Å². The Kier molecular flexibility index (Phi) is 2.53. The van der Waals surface area contributed by atoms with Crippen molar-refractivity contribution in [2.75, 3.05) is 0 Å². The molecule has 1 saturated heterocycles. The maximum absolute atomic E-state index is 4.13. The van der Waals surface area contributed by atoms with E-state index >= 15 is 0 Å². The van der Waals surface area contributed by atoms with E-state index in [1.54, 1.807) is 0 Å². The molecular formula is C12H21B. The molecule has 0 aromatic rings. The predicted molar refractivity (Wildman–Crippen MR) is 60.2 cm³/mol. The number of fused-ring (bicyclic) bond motifs is 2. The van der Waals surface area contributed by atoms with Crippen molar-refractivity contribution >= 4 is 6.71 Å². The summed E-state index contributed by atoms with van der Waals surface area (Å²) >= 11 is 0. The van der Waals surface area contributed by atoms with Crippen LogP contribution in [0.4, 0.5) is 0 Å². The Morgan fingerprint density at radius 1 is 1.15 bits per heavy atom. The molecule has 1 aliphatic carbocycles. The minimum absolute atomic E-state index is 0.858. The summed E-state index contributed by atoms with van der Waals surface area (Å²) in [6, 6.07) is 0. The highest BCUT2D eigenvalue weighted by atomic mass is 14.3. The van der Waals surface area contributed by atoms with Crippen LogP contribution in [0.1, 0.15) is 33.1 Å². The maximum Gasteiger partial charge on any atom is 0.169 e. The van der Waals surface area contributed by atoms with Crippen molar-refractivity contribution < 1.29 is 0 Å². The molecule has 2 bridgehead atoms. The van der Waals surface area contributed by atoms with Crippen molar-refractivity contribution in [1.82, 2.24) is 0 Å². The predicted octanol–water partition coefficient (Wildman–Crippen LogP) is 3.66. The quantitative estimate of drug-likeness (QED) is 0.535. The van der Waals surface area contributed by atoms with Gasteiger partial charge in [0.25, 0.3) is 0 Å². The first kappa shape index (κ1) is 9.36. The van der Waals surface area contributed by atoms with E-state index in [1.165, 1.54) is 37.4 Å². The molecule has 2 aliphatic rings. The van der Waals surface area contributed by atoms with E-state index in [-0.39, 0.29) is 0 Å². The van der Waals surface area contributed by atoms with E-state index in [0.717, 1.165) is 24.5 Å². The molecule has 72 valence electrons. The zero-order chi connectivity index (χ0) is 9.42. The molecule has 2 atom stereocenters. The van der Waals surface area contributed by atoms with Crippen LogP contribution in [-0.4, -0.2) is 6.71 Å². The third-order valence-corrected chi connectivity index (χ3v) is 4.07. The smallest absolute Gasteiger partial charge is 0.111 e. The van der Waals surface area contributed by atoms with Gasteiger partial charge in [0.05, 0.1) is 0 Å². The van der Waals surface area contributed by atoms with Gasteiger partial charge in [-0.1, -0.05) is 26.5 Å². The van der Waals surface area contributed by atoms with E-state index in [9.17, 15) is 0 Å². The van der Waals surface area contributed by atoms with Crippen molar-refractivity contribution in [1.29, 1.82) is 0 Å². The maximum atomic E-state index is 4.13. The molecule has 1 heterocycles.